The first-order valence-electron chi connectivity index (χ1n) is 7.50. The maximum Gasteiger partial charge on any atom is 0.291 e. The maximum atomic E-state index is 12.4. The number of aromatic nitrogens is 1. The number of nitrogens with one attached hydrogen (secondary N) is 1. The van der Waals surface area contributed by atoms with Gasteiger partial charge in [0.2, 0.25) is 0 Å². The molecule has 0 radical (unpaired) electrons. The van der Waals surface area contributed by atoms with Gasteiger partial charge in [-0.15, -0.1) is 11.3 Å². The van der Waals surface area contributed by atoms with E-state index in [-0.39, 0.29) is 11.7 Å². The van der Waals surface area contributed by atoms with Crippen molar-refractivity contribution in [3.8, 4) is 11.3 Å². The van der Waals surface area contributed by atoms with Crippen LogP contribution in [-0.4, -0.2) is 10.9 Å². The van der Waals surface area contributed by atoms with Gasteiger partial charge in [0.1, 0.15) is 5.76 Å². The Kier molecular flexibility index (Phi) is 3.63. The normalized spacial score (nSPS) is 10.9. The van der Waals surface area contributed by atoms with E-state index in [4.69, 9.17) is 4.42 Å². The van der Waals surface area contributed by atoms with Crippen LogP contribution in [0.25, 0.3) is 21.5 Å². The zero-order valence-electron chi connectivity index (χ0n) is 12.9. The molecular weight excluding hydrogens is 320 g/mol. The number of rotatable bonds is 3. The molecule has 1 amide bonds. The van der Waals surface area contributed by atoms with Crippen molar-refractivity contribution in [2.45, 2.75) is 6.92 Å². The van der Waals surface area contributed by atoms with Crippen LogP contribution in [0.2, 0.25) is 0 Å². The van der Waals surface area contributed by atoms with Crippen molar-refractivity contribution < 1.29 is 9.21 Å². The van der Waals surface area contributed by atoms with Gasteiger partial charge in [0, 0.05) is 11.3 Å². The minimum Gasteiger partial charge on any atom is -0.451 e. The molecule has 0 aliphatic heterocycles. The van der Waals surface area contributed by atoms with Crippen molar-refractivity contribution in [2.75, 3.05) is 5.32 Å². The van der Waals surface area contributed by atoms with Crippen LogP contribution in [0.4, 0.5) is 5.69 Å². The van der Waals surface area contributed by atoms with E-state index in [1.807, 2.05) is 55.5 Å². The molecule has 0 fully saturated rings. The molecule has 2 aromatic carbocycles. The molecule has 0 saturated carbocycles. The summed E-state index contributed by atoms with van der Waals surface area (Å²) in [5, 5.41) is 2.86. The number of aryl methyl sites for hydroxylation is 1. The van der Waals surface area contributed by atoms with Crippen LogP contribution < -0.4 is 5.32 Å². The van der Waals surface area contributed by atoms with Crippen LogP contribution in [0, 0.1) is 6.92 Å². The molecule has 0 unspecified atom stereocenters. The molecule has 2 aromatic heterocycles. The van der Waals surface area contributed by atoms with E-state index in [1.165, 1.54) is 5.56 Å². The number of amides is 1. The first-order valence-corrected chi connectivity index (χ1v) is 8.38. The van der Waals surface area contributed by atoms with Gasteiger partial charge in [-0.2, -0.15) is 0 Å². The first-order chi connectivity index (χ1) is 11.7. The number of hydrogen-bond donors (Lipinski definition) is 1. The molecule has 0 spiro atoms. The lowest BCUT2D eigenvalue weighted by Crippen LogP contribution is -2.10. The Hall–Kier alpha value is -2.92. The summed E-state index contributed by atoms with van der Waals surface area (Å²) in [7, 11) is 0. The number of carbonyl (C=O) groups excluding carboxylic acids is 1. The predicted molar refractivity (Wildman–Crippen MR) is 96.5 cm³/mol. The number of benzene rings is 2. The van der Waals surface area contributed by atoms with Gasteiger partial charge in [0.05, 0.1) is 15.7 Å². The molecule has 24 heavy (non-hydrogen) atoms. The molecule has 4 nitrogen and oxygen atoms in total. The Morgan fingerprint density at radius 1 is 1.08 bits per heavy atom. The summed E-state index contributed by atoms with van der Waals surface area (Å²) in [6, 6.07) is 17.1. The number of fused-ring (bicyclic) bond motifs is 1. The summed E-state index contributed by atoms with van der Waals surface area (Å²) in [6.07, 6.45) is 0. The van der Waals surface area contributed by atoms with E-state index < -0.39 is 0 Å². The van der Waals surface area contributed by atoms with Gasteiger partial charge in [-0.25, -0.2) is 4.98 Å². The molecule has 0 atom stereocenters. The van der Waals surface area contributed by atoms with Crippen LogP contribution in [0.1, 0.15) is 16.1 Å². The maximum absolute atomic E-state index is 12.4. The van der Waals surface area contributed by atoms with Crippen molar-refractivity contribution in [2.24, 2.45) is 0 Å². The quantitative estimate of drug-likeness (QED) is 0.566. The third kappa shape index (κ3) is 2.81. The SMILES string of the molecule is Cc1ccc(-c2ccc(C(=O)Nc3ccc4ncsc4c3)o2)cc1. The average molecular weight is 334 g/mol. The highest BCUT2D eigenvalue weighted by atomic mass is 32.1. The zero-order chi connectivity index (χ0) is 16.5. The highest BCUT2D eigenvalue weighted by molar-refractivity contribution is 7.16. The van der Waals surface area contributed by atoms with Gasteiger partial charge in [-0.3, -0.25) is 4.79 Å². The van der Waals surface area contributed by atoms with Crippen LogP contribution in [0.15, 0.2) is 64.5 Å². The Labute approximate surface area is 142 Å². The first kappa shape index (κ1) is 14.7. The van der Waals surface area contributed by atoms with E-state index >= 15 is 0 Å². The second-order valence-corrected chi connectivity index (χ2v) is 6.41. The molecule has 1 N–H and O–H groups in total. The van der Waals surface area contributed by atoms with E-state index in [9.17, 15) is 4.79 Å². The smallest absolute Gasteiger partial charge is 0.291 e. The molecule has 0 saturated heterocycles. The fourth-order valence-corrected chi connectivity index (χ4v) is 3.17. The fraction of sp³-hybridized carbons (Fsp3) is 0.0526. The summed E-state index contributed by atoms with van der Waals surface area (Å²) in [5.74, 6) is 0.699. The molecule has 2 heterocycles. The minimum atomic E-state index is -0.266. The topological polar surface area (TPSA) is 55.1 Å². The molecular formula is C19H14N2O2S. The third-order valence-corrected chi connectivity index (χ3v) is 4.55. The third-order valence-electron chi connectivity index (χ3n) is 3.76. The van der Waals surface area contributed by atoms with Crippen LogP contribution in [0.5, 0.6) is 0 Å². The second-order valence-electron chi connectivity index (χ2n) is 5.52. The van der Waals surface area contributed by atoms with E-state index in [1.54, 1.807) is 22.9 Å². The molecule has 0 aliphatic rings. The van der Waals surface area contributed by atoms with E-state index in [0.29, 0.717) is 5.76 Å². The average Bonchev–Trinajstić information content (AvgIpc) is 3.24. The standard InChI is InChI=1S/C19H14N2O2S/c1-12-2-4-13(5-3-12)16-8-9-17(23-16)19(22)21-14-6-7-15-18(10-14)24-11-20-15/h2-11H,1H3,(H,21,22). The highest BCUT2D eigenvalue weighted by Gasteiger charge is 2.13. The van der Waals surface area contributed by atoms with Gasteiger partial charge in [0.25, 0.3) is 5.91 Å². The van der Waals surface area contributed by atoms with Crippen molar-refractivity contribution in [1.29, 1.82) is 0 Å². The summed E-state index contributed by atoms with van der Waals surface area (Å²) in [4.78, 5) is 16.6. The summed E-state index contributed by atoms with van der Waals surface area (Å²) < 4.78 is 6.73. The second kappa shape index (κ2) is 5.94. The van der Waals surface area contributed by atoms with Crippen molar-refractivity contribution >= 4 is 33.1 Å². The summed E-state index contributed by atoms with van der Waals surface area (Å²) in [6.45, 7) is 2.03. The van der Waals surface area contributed by atoms with Gasteiger partial charge < -0.3 is 9.73 Å². The van der Waals surface area contributed by atoms with Crippen molar-refractivity contribution in [1.82, 2.24) is 4.98 Å². The predicted octanol–water partition coefficient (Wildman–Crippen LogP) is 5.12. The Morgan fingerprint density at radius 2 is 1.92 bits per heavy atom. The molecule has 4 aromatic rings. The number of thiazole rings is 1. The fourth-order valence-electron chi connectivity index (χ4n) is 2.46. The van der Waals surface area contributed by atoms with Gasteiger partial charge in [-0.1, -0.05) is 29.8 Å². The van der Waals surface area contributed by atoms with E-state index in [2.05, 4.69) is 10.3 Å². The van der Waals surface area contributed by atoms with Crippen LogP contribution >= 0.6 is 11.3 Å². The minimum absolute atomic E-state index is 0.266. The lowest BCUT2D eigenvalue weighted by molar-refractivity contribution is 0.0997. The summed E-state index contributed by atoms with van der Waals surface area (Å²) >= 11 is 1.54. The molecule has 4 rings (SSSR count). The van der Waals surface area contributed by atoms with Gasteiger partial charge in [-0.05, 0) is 37.3 Å². The summed E-state index contributed by atoms with van der Waals surface area (Å²) in [5.41, 5.74) is 5.58. The van der Waals surface area contributed by atoms with Crippen molar-refractivity contribution in [3.05, 3.63) is 71.4 Å². The van der Waals surface area contributed by atoms with Gasteiger partial charge in [0.15, 0.2) is 5.76 Å². The molecule has 0 bridgehead atoms. The Balaban J connectivity index is 1.55. The highest BCUT2D eigenvalue weighted by Crippen LogP contribution is 2.25. The van der Waals surface area contributed by atoms with Gasteiger partial charge >= 0.3 is 0 Å². The zero-order valence-corrected chi connectivity index (χ0v) is 13.8. The lowest BCUT2D eigenvalue weighted by Gasteiger charge is -2.03. The Morgan fingerprint density at radius 3 is 2.75 bits per heavy atom. The van der Waals surface area contributed by atoms with Crippen LogP contribution in [0.3, 0.4) is 0 Å². The Bertz CT molecular complexity index is 1020. The van der Waals surface area contributed by atoms with Crippen LogP contribution in [-0.2, 0) is 0 Å². The number of furan rings is 1. The molecule has 118 valence electrons. The molecule has 5 heteroatoms. The number of hydrogen-bond acceptors (Lipinski definition) is 4. The molecule has 0 aliphatic carbocycles. The lowest BCUT2D eigenvalue weighted by atomic mass is 10.1. The number of nitrogens with zero attached hydrogens (tertiary/aromatic N) is 1. The number of carbonyl (C=O) groups is 1. The monoisotopic (exact) mass is 334 g/mol. The van der Waals surface area contributed by atoms with Crippen molar-refractivity contribution in [3.63, 3.8) is 0 Å². The largest absolute Gasteiger partial charge is 0.451 e. The van der Waals surface area contributed by atoms with E-state index in [0.717, 1.165) is 21.5 Å². The number of anilines is 1.